The van der Waals surface area contributed by atoms with Crippen molar-refractivity contribution >= 4 is 16.0 Å². The molecular weight excluding hydrogens is 204 g/mol. The molecule has 0 radical (unpaired) electrons. The molecule has 0 bridgehead atoms. The fraction of sp³-hybridized carbons (Fsp3) is 0.857. The van der Waals surface area contributed by atoms with E-state index < -0.39 is 16.3 Å². The van der Waals surface area contributed by atoms with Crippen molar-refractivity contribution in [1.29, 1.82) is 5.41 Å². The van der Waals surface area contributed by atoms with Gasteiger partial charge in [-0.05, 0) is 12.8 Å². The van der Waals surface area contributed by atoms with Gasteiger partial charge in [0.25, 0.3) is 10.2 Å². The van der Waals surface area contributed by atoms with Gasteiger partial charge in [-0.1, -0.05) is 0 Å². The van der Waals surface area contributed by atoms with E-state index in [9.17, 15) is 8.42 Å². The molecule has 0 saturated carbocycles. The van der Waals surface area contributed by atoms with Crippen LogP contribution in [0.2, 0.25) is 0 Å². The number of rotatable bonds is 3. The first-order chi connectivity index (χ1) is 6.37. The maximum absolute atomic E-state index is 11.7. The molecule has 1 saturated heterocycles. The van der Waals surface area contributed by atoms with Gasteiger partial charge in [-0.15, -0.1) is 0 Å². The van der Waals surface area contributed by atoms with Crippen LogP contribution in [0.5, 0.6) is 0 Å². The van der Waals surface area contributed by atoms with Gasteiger partial charge >= 0.3 is 0 Å². The van der Waals surface area contributed by atoms with Gasteiger partial charge in [-0.2, -0.15) is 17.0 Å². The SMILES string of the molecule is CN(C)S(=O)(=O)N1CCCC1C(=N)N. The highest BCUT2D eigenvalue weighted by Gasteiger charge is 2.36. The highest BCUT2D eigenvalue weighted by atomic mass is 32.2. The number of nitrogens with two attached hydrogens (primary N) is 1. The number of amidine groups is 1. The summed E-state index contributed by atoms with van der Waals surface area (Å²) < 4.78 is 25.9. The smallest absolute Gasteiger partial charge is 0.282 e. The van der Waals surface area contributed by atoms with Gasteiger partial charge in [-0.3, -0.25) is 5.41 Å². The summed E-state index contributed by atoms with van der Waals surface area (Å²) in [6, 6.07) is -0.456. The molecule has 1 rings (SSSR count). The van der Waals surface area contributed by atoms with Crippen LogP contribution in [-0.4, -0.2) is 49.5 Å². The lowest BCUT2D eigenvalue weighted by Crippen LogP contribution is -2.47. The van der Waals surface area contributed by atoms with Crippen LogP contribution in [0.15, 0.2) is 0 Å². The van der Waals surface area contributed by atoms with Crippen LogP contribution in [-0.2, 0) is 10.2 Å². The van der Waals surface area contributed by atoms with Crippen molar-refractivity contribution in [3.8, 4) is 0 Å². The summed E-state index contributed by atoms with van der Waals surface area (Å²) >= 11 is 0. The van der Waals surface area contributed by atoms with Crippen molar-refractivity contribution in [2.75, 3.05) is 20.6 Å². The molecule has 1 atom stereocenters. The molecular formula is C7H16N4O2S. The first kappa shape index (κ1) is 11.4. The van der Waals surface area contributed by atoms with Crippen LogP contribution in [0, 0.1) is 5.41 Å². The van der Waals surface area contributed by atoms with E-state index in [1.54, 1.807) is 0 Å². The first-order valence-corrected chi connectivity index (χ1v) is 5.80. The number of hydrogen-bond donors (Lipinski definition) is 2. The van der Waals surface area contributed by atoms with Crippen molar-refractivity contribution in [1.82, 2.24) is 8.61 Å². The minimum atomic E-state index is -3.42. The molecule has 0 spiro atoms. The van der Waals surface area contributed by atoms with Crippen molar-refractivity contribution < 1.29 is 8.42 Å². The Morgan fingerprint density at radius 3 is 2.57 bits per heavy atom. The highest BCUT2D eigenvalue weighted by molar-refractivity contribution is 7.86. The third-order valence-electron chi connectivity index (χ3n) is 2.32. The fourth-order valence-electron chi connectivity index (χ4n) is 1.54. The molecule has 3 N–H and O–H groups in total. The van der Waals surface area contributed by atoms with Gasteiger partial charge in [0.15, 0.2) is 0 Å². The van der Waals surface area contributed by atoms with Crippen molar-refractivity contribution in [2.45, 2.75) is 18.9 Å². The Balaban J connectivity index is 2.93. The summed E-state index contributed by atoms with van der Waals surface area (Å²) in [7, 11) is -0.471. The third kappa shape index (κ3) is 1.89. The van der Waals surface area contributed by atoms with Gasteiger partial charge in [0.2, 0.25) is 0 Å². The second-order valence-electron chi connectivity index (χ2n) is 3.51. The molecule has 7 heteroatoms. The molecule has 1 unspecified atom stereocenters. The monoisotopic (exact) mass is 220 g/mol. The minimum Gasteiger partial charge on any atom is -0.386 e. The highest BCUT2D eigenvalue weighted by Crippen LogP contribution is 2.21. The van der Waals surface area contributed by atoms with Gasteiger partial charge in [-0.25, -0.2) is 0 Å². The summed E-state index contributed by atoms with van der Waals surface area (Å²) in [5.74, 6) is -0.0760. The van der Waals surface area contributed by atoms with E-state index in [4.69, 9.17) is 11.1 Å². The molecule has 1 heterocycles. The molecule has 14 heavy (non-hydrogen) atoms. The van der Waals surface area contributed by atoms with E-state index in [2.05, 4.69) is 0 Å². The molecule has 82 valence electrons. The zero-order valence-electron chi connectivity index (χ0n) is 8.40. The Morgan fingerprint density at radius 2 is 2.14 bits per heavy atom. The maximum Gasteiger partial charge on any atom is 0.282 e. The second kappa shape index (κ2) is 3.84. The molecule has 0 aromatic rings. The average molecular weight is 220 g/mol. The maximum atomic E-state index is 11.7. The lowest BCUT2D eigenvalue weighted by molar-refractivity contribution is 0.397. The van der Waals surface area contributed by atoms with E-state index in [0.717, 1.165) is 10.7 Å². The van der Waals surface area contributed by atoms with Crippen LogP contribution in [0.3, 0.4) is 0 Å². The van der Waals surface area contributed by atoms with E-state index in [-0.39, 0.29) is 5.84 Å². The Kier molecular flexibility index (Phi) is 3.13. The van der Waals surface area contributed by atoms with Crippen LogP contribution in [0.25, 0.3) is 0 Å². The quantitative estimate of drug-likeness (QED) is 0.481. The van der Waals surface area contributed by atoms with Crippen molar-refractivity contribution in [2.24, 2.45) is 5.73 Å². The Labute approximate surface area is 84.4 Å². The van der Waals surface area contributed by atoms with E-state index >= 15 is 0 Å². The second-order valence-corrected chi connectivity index (χ2v) is 5.61. The van der Waals surface area contributed by atoms with Crippen LogP contribution < -0.4 is 5.73 Å². The Morgan fingerprint density at radius 1 is 1.57 bits per heavy atom. The van der Waals surface area contributed by atoms with Crippen molar-refractivity contribution in [3.05, 3.63) is 0 Å². The fourth-order valence-corrected chi connectivity index (χ4v) is 2.86. The van der Waals surface area contributed by atoms with Crippen LogP contribution >= 0.6 is 0 Å². The first-order valence-electron chi connectivity index (χ1n) is 4.40. The summed E-state index contributed by atoms with van der Waals surface area (Å²) in [5, 5.41) is 7.30. The predicted octanol–water partition coefficient (Wildman–Crippen LogP) is -0.807. The van der Waals surface area contributed by atoms with Crippen molar-refractivity contribution in [3.63, 3.8) is 0 Å². The predicted molar refractivity (Wildman–Crippen MR) is 54.2 cm³/mol. The molecule has 1 aliphatic heterocycles. The molecule has 1 aliphatic rings. The molecule has 0 aromatic heterocycles. The van der Waals surface area contributed by atoms with Gasteiger partial charge < -0.3 is 5.73 Å². The lowest BCUT2D eigenvalue weighted by atomic mass is 10.2. The number of nitrogens with zero attached hydrogens (tertiary/aromatic N) is 2. The van der Waals surface area contributed by atoms with Gasteiger partial charge in [0.05, 0.1) is 6.04 Å². The minimum absolute atomic E-state index is 0.0760. The zero-order chi connectivity index (χ0) is 10.9. The standard InChI is InChI=1S/C7H16N4O2S/c1-10(2)14(12,13)11-5-3-4-6(11)7(8)9/h6H,3-5H2,1-2H3,(H3,8,9). The van der Waals surface area contributed by atoms with Gasteiger partial charge in [0, 0.05) is 20.6 Å². The summed E-state index contributed by atoms with van der Waals surface area (Å²) in [5.41, 5.74) is 5.34. The third-order valence-corrected chi connectivity index (χ3v) is 4.27. The van der Waals surface area contributed by atoms with E-state index in [0.29, 0.717) is 13.0 Å². The summed E-state index contributed by atoms with van der Waals surface area (Å²) in [4.78, 5) is 0. The number of hydrogen-bond acceptors (Lipinski definition) is 3. The molecule has 1 fully saturated rings. The summed E-state index contributed by atoms with van der Waals surface area (Å²) in [6.45, 7) is 0.449. The topological polar surface area (TPSA) is 90.5 Å². The molecule has 0 aromatic carbocycles. The zero-order valence-corrected chi connectivity index (χ0v) is 9.21. The van der Waals surface area contributed by atoms with Gasteiger partial charge in [0.1, 0.15) is 5.84 Å². The molecule has 6 nitrogen and oxygen atoms in total. The Hall–Kier alpha value is -0.660. The molecule has 0 amide bonds. The van der Waals surface area contributed by atoms with E-state index in [1.165, 1.54) is 18.4 Å². The summed E-state index contributed by atoms with van der Waals surface area (Å²) in [6.07, 6.45) is 1.40. The normalized spacial score (nSPS) is 24.4. The molecule has 0 aliphatic carbocycles. The average Bonchev–Trinajstić information content (AvgIpc) is 2.51. The van der Waals surface area contributed by atoms with Crippen LogP contribution in [0.4, 0.5) is 0 Å². The van der Waals surface area contributed by atoms with Crippen LogP contribution in [0.1, 0.15) is 12.8 Å². The number of nitrogens with one attached hydrogen (secondary N) is 1. The van der Waals surface area contributed by atoms with E-state index in [1.807, 2.05) is 0 Å². The Bertz CT molecular complexity index is 325. The largest absolute Gasteiger partial charge is 0.386 e. The lowest BCUT2D eigenvalue weighted by Gasteiger charge is -2.25.